The standard InChI is InChI=1S/C22H32O2S/c1-2-3-17-25(23,24)21-16-10-15-20(18-11-6-4-7-12-18)22(21)19-13-8-5-9-14-19/h2,10,15-16,18-19H,1,3-9,11-14,17H2. The number of hydrogen-bond donors (Lipinski definition) is 0. The van der Waals surface area contributed by atoms with Gasteiger partial charge in [0, 0.05) is 0 Å². The van der Waals surface area contributed by atoms with Crippen LogP contribution in [0.4, 0.5) is 0 Å². The maximum Gasteiger partial charge on any atom is 0.178 e. The summed E-state index contributed by atoms with van der Waals surface area (Å²) < 4.78 is 26.1. The molecule has 0 aromatic heterocycles. The molecule has 0 saturated heterocycles. The van der Waals surface area contributed by atoms with E-state index in [-0.39, 0.29) is 5.75 Å². The summed E-state index contributed by atoms with van der Waals surface area (Å²) in [6, 6.07) is 6.08. The van der Waals surface area contributed by atoms with Gasteiger partial charge >= 0.3 is 0 Å². The normalized spacial score (nSPS) is 20.5. The van der Waals surface area contributed by atoms with Gasteiger partial charge in [0.2, 0.25) is 0 Å². The number of allylic oxidation sites excluding steroid dienone is 1. The highest BCUT2D eigenvalue weighted by molar-refractivity contribution is 7.91. The van der Waals surface area contributed by atoms with Gasteiger partial charge in [-0.25, -0.2) is 8.42 Å². The van der Waals surface area contributed by atoms with E-state index >= 15 is 0 Å². The Kier molecular flexibility index (Phi) is 6.38. The first-order valence-corrected chi connectivity index (χ1v) is 11.7. The van der Waals surface area contributed by atoms with Crippen molar-refractivity contribution in [2.45, 2.75) is 87.4 Å². The summed E-state index contributed by atoms with van der Waals surface area (Å²) in [6.45, 7) is 3.70. The largest absolute Gasteiger partial charge is 0.224 e. The molecule has 0 aliphatic heterocycles. The summed E-state index contributed by atoms with van der Waals surface area (Å²) in [6.07, 6.45) is 14.6. The van der Waals surface area contributed by atoms with Crippen LogP contribution in [0, 0.1) is 0 Å². The lowest BCUT2D eigenvalue weighted by molar-refractivity contribution is 0.414. The number of hydrogen-bond acceptors (Lipinski definition) is 2. The van der Waals surface area contributed by atoms with E-state index in [0.29, 0.717) is 23.2 Å². The quantitative estimate of drug-likeness (QED) is 0.572. The summed E-state index contributed by atoms with van der Waals surface area (Å²) in [5.74, 6) is 1.17. The first kappa shape index (κ1) is 18.7. The zero-order valence-electron chi connectivity index (χ0n) is 15.4. The lowest BCUT2D eigenvalue weighted by Crippen LogP contribution is -2.18. The number of benzene rings is 1. The molecule has 2 fully saturated rings. The predicted octanol–water partition coefficient (Wildman–Crippen LogP) is 6.13. The van der Waals surface area contributed by atoms with Crippen LogP contribution in [0.1, 0.15) is 93.6 Å². The summed E-state index contributed by atoms with van der Waals surface area (Å²) >= 11 is 0. The molecule has 25 heavy (non-hydrogen) atoms. The molecule has 2 nitrogen and oxygen atoms in total. The first-order valence-electron chi connectivity index (χ1n) is 10.1. The Bertz CT molecular complexity index is 678. The van der Waals surface area contributed by atoms with E-state index in [1.807, 2.05) is 12.1 Å². The van der Waals surface area contributed by atoms with Crippen LogP contribution in [0.15, 0.2) is 35.7 Å². The van der Waals surface area contributed by atoms with Gasteiger partial charge < -0.3 is 0 Å². The zero-order valence-corrected chi connectivity index (χ0v) is 16.2. The topological polar surface area (TPSA) is 34.1 Å². The molecule has 2 saturated carbocycles. The smallest absolute Gasteiger partial charge is 0.178 e. The minimum absolute atomic E-state index is 0.185. The van der Waals surface area contributed by atoms with E-state index in [2.05, 4.69) is 12.6 Å². The Morgan fingerprint density at radius 2 is 1.52 bits per heavy atom. The fourth-order valence-electron chi connectivity index (χ4n) is 4.78. The lowest BCUT2D eigenvalue weighted by Gasteiger charge is -2.31. The molecule has 0 unspecified atom stereocenters. The van der Waals surface area contributed by atoms with Crippen molar-refractivity contribution in [2.24, 2.45) is 0 Å². The van der Waals surface area contributed by atoms with Crippen LogP contribution in [-0.4, -0.2) is 14.2 Å². The average molecular weight is 361 g/mol. The highest BCUT2D eigenvalue weighted by atomic mass is 32.2. The van der Waals surface area contributed by atoms with Crippen LogP contribution in [0.3, 0.4) is 0 Å². The molecule has 0 radical (unpaired) electrons. The van der Waals surface area contributed by atoms with Crippen LogP contribution >= 0.6 is 0 Å². The van der Waals surface area contributed by atoms with Crippen LogP contribution in [0.25, 0.3) is 0 Å². The van der Waals surface area contributed by atoms with Gasteiger partial charge in [-0.05, 0) is 61.1 Å². The van der Waals surface area contributed by atoms with E-state index < -0.39 is 9.84 Å². The molecule has 1 aromatic carbocycles. The summed E-state index contributed by atoms with van der Waals surface area (Å²) in [7, 11) is -3.23. The third-order valence-corrected chi connectivity index (χ3v) is 7.88. The molecule has 2 aliphatic carbocycles. The van der Waals surface area contributed by atoms with Crippen LogP contribution in [0.2, 0.25) is 0 Å². The van der Waals surface area contributed by atoms with Gasteiger partial charge in [0.1, 0.15) is 0 Å². The van der Waals surface area contributed by atoms with Gasteiger partial charge in [-0.2, -0.15) is 0 Å². The van der Waals surface area contributed by atoms with E-state index in [1.54, 1.807) is 6.08 Å². The summed E-state index contributed by atoms with van der Waals surface area (Å²) in [4.78, 5) is 0.629. The van der Waals surface area contributed by atoms with Crippen molar-refractivity contribution in [1.29, 1.82) is 0 Å². The highest BCUT2D eigenvalue weighted by Gasteiger charge is 2.30. The molecule has 0 atom stereocenters. The van der Waals surface area contributed by atoms with Crippen molar-refractivity contribution in [3.8, 4) is 0 Å². The van der Waals surface area contributed by atoms with Crippen molar-refractivity contribution >= 4 is 9.84 Å². The summed E-state index contributed by atoms with van der Waals surface area (Å²) in [5, 5.41) is 0. The molecule has 0 heterocycles. The molecule has 0 bridgehead atoms. The predicted molar refractivity (Wildman–Crippen MR) is 105 cm³/mol. The van der Waals surface area contributed by atoms with Gasteiger partial charge in [-0.15, -0.1) is 6.58 Å². The lowest BCUT2D eigenvalue weighted by atomic mass is 9.76. The van der Waals surface area contributed by atoms with Gasteiger partial charge in [0.05, 0.1) is 10.6 Å². The van der Waals surface area contributed by atoms with Gasteiger partial charge in [-0.1, -0.05) is 56.7 Å². The molecule has 0 spiro atoms. The Hall–Kier alpha value is -1.09. The second-order valence-electron chi connectivity index (χ2n) is 7.83. The third kappa shape index (κ3) is 4.36. The summed E-state index contributed by atoms with van der Waals surface area (Å²) in [5.41, 5.74) is 2.55. The van der Waals surface area contributed by atoms with Crippen molar-refractivity contribution in [2.75, 3.05) is 5.75 Å². The van der Waals surface area contributed by atoms with Crippen molar-refractivity contribution in [3.63, 3.8) is 0 Å². The van der Waals surface area contributed by atoms with E-state index in [1.165, 1.54) is 62.5 Å². The second-order valence-corrected chi connectivity index (χ2v) is 9.90. The molecular weight excluding hydrogens is 328 g/mol. The highest BCUT2D eigenvalue weighted by Crippen LogP contribution is 2.43. The molecule has 3 rings (SSSR count). The average Bonchev–Trinajstić information content (AvgIpc) is 2.67. The van der Waals surface area contributed by atoms with Gasteiger partial charge in [0.25, 0.3) is 0 Å². The minimum atomic E-state index is -3.23. The molecular formula is C22H32O2S. The minimum Gasteiger partial charge on any atom is -0.224 e. The first-order chi connectivity index (χ1) is 12.1. The maximum absolute atomic E-state index is 13.0. The fourth-order valence-corrected chi connectivity index (χ4v) is 6.38. The fraction of sp³-hybridized carbons (Fsp3) is 0.636. The Morgan fingerprint density at radius 1 is 0.920 bits per heavy atom. The number of rotatable bonds is 6. The van der Waals surface area contributed by atoms with Gasteiger partial charge in [0.15, 0.2) is 9.84 Å². The van der Waals surface area contributed by atoms with Crippen molar-refractivity contribution in [3.05, 3.63) is 42.0 Å². The Balaban J connectivity index is 2.05. The van der Waals surface area contributed by atoms with Crippen molar-refractivity contribution in [1.82, 2.24) is 0 Å². The molecule has 0 amide bonds. The molecule has 2 aliphatic rings. The Morgan fingerprint density at radius 3 is 2.12 bits per heavy atom. The zero-order chi connectivity index (χ0) is 17.7. The van der Waals surface area contributed by atoms with Crippen LogP contribution in [-0.2, 0) is 9.84 Å². The molecule has 1 aromatic rings. The van der Waals surface area contributed by atoms with E-state index in [0.717, 1.165) is 12.8 Å². The van der Waals surface area contributed by atoms with Crippen molar-refractivity contribution < 1.29 is 8.42 Å². The maximum atomic E-state index is 13.0. The van der Waals surface area contributed by atoms with Gasteiger partial charge in [-0.3, -0.25) is 0 Å². The third-order valence-electron chi connectivity index (χ3n) is 6.08. The Labute approximate surface area is 153 Å². The molecule has 0 N–H and O–H groups in total. The SMILES string of the molecule is C=CCCS(=O)(=O)c1cccc(C2CCCCC2)c1C1CCCCC1. The number of sulfone groups is 1. The van der Waals surface area contributed by atoms with Crippen LogP contribution < -0.4 is 0 Å². The second kappa shape index (κ2) is 8.53. The van der Waals surface area contributed by atoms with E-state index in [9.17, 15) is 8.42 Å². The molecule has 138 valence electrons. The monoisotopic (exact) mass is 360 g/mol. The van der Waals surface area contributed by atoms with Crippen LogP contribution in [0.5, 0.6) is 0 Å². The molecule has 3 heteroatoms. The van der Waals surface area contributed by atoms with E-state index in [4.69, 9.17) is 0 Å².